The number of amides is 1. The standard InChI is InChI=1S/C18H28ClN3O/c1-13-4-5-16(19)12-17(13)21-18(23)14(2)22-10-7-15(8-11-22)6-9-20-3/h4-5,12,14-15,20H,6-11H2,1-3H3,(H,21,23). The summed E-state index contributed by atoms with van der Waals surface area (Å²) in [7, 11) is 2.00. The number of rotatable bonds is 6. The Kier molecular flexibility index (Phi) is 6.88. The number of nitrogens with one attached hydrogen (secondary N) is 2. The lowest BCUT2D eigenvalue weighted by Crippen LogP contribution is -2.46. The van der Waals surface area contributed by atoms with E-state index in [0.29, 0.717) is 5.02 Å². The van der Waals surface area contributed by atoms with Crippen molar-refractivity contribution in [1.29, 1.82) is 0 Å². The minimum absolute atomic E-state index is 0.0454. The first-order chi connectivity index (χ1) is 11.0. The summed E-state index contributed by atoms with van der Waals surface area (Å²) in [4.78, 5) is 14.8. The summed E-state index contributed by atoms with van der Waals surface area (Å²) >= 11 is 6.02. The van der Waals surface area contributed by atoms with Gasteiger partial charge in [0.15, 0.2) is 0 Å². The predicted molar refractivity (Wildman–Crippen MR) is 97.1 cm³/mol. The third kappa shape index (κ3) is 5.20. The molecule has 4 nitrogen and oxygen atoms in total. The molecular weight excluding hydrogens is 310 g/mol. The molecule has 0 aliphatic carbocycles. The molecule has 1 fully saturated rings. The third-order valence-corrected chi connectivity index (χ3v) is 5.07. The van der Waals surface area contributed by atoms with Gasteiger partial charge in [-0.2, -0.15) is 0 Å². The minimum Gasteiger partial charge on any atom is -0.324 e. The van der Waals surface area contributed by atoms with Crippen LogP contribution in [0.4, 0.5) is 5.69 Å². The lowest BCUT2D eigenvalue weighted by Gasteiger charge is -2.35. The van der Waals surface area contributed by atoms with Gasteiger partial charge in [-0.1, -0.05) is 17.7 Å². The molecular formula is C18H28ClN3O. The molecule has 1 aliphatic heterocycles. The number of anilines is 1. The Morgan fingerprint density at radius 2 is 2.09 bits per heavy atom. The van der Waals surface area contributed by atoms with Gasteiger partial charge in [0, 0.05) is 10.7 Å². The molecule has 5 heteroatoms. The van der Waals surface area contributed by atoms with Gasteiger partial charge in [0.25, 0.3) is 0 Å². The number of carbonyl (C=O) groups is 1. The maximum Gasteiger partial charge on any atom is 0.241 e. The van der Waals surface area contributed by atoms with Crippen LogP contribution in [0.1, 0.15) is 31.7 Å². The molecule has 1 aliphatic rings. The van der Waals surface area contributed by atoms with Crippen LogP contribution in [0.15, 0.2) is 18.2 Å². The van der Waals surface area contributed by atoms with Crippen molar-refractivity contribution in [3.8, 4) is 0 Å². The van der Waals surface area contributed by atoms with E-state index >= 15 is 0 Å². The molecule has 23 heavy (non-hydrogen) atoms. The molecule has 2 rings (SSSR count). The van der Waals surface area contributed by atoms with Crippen LogP contribution in [0, 0.1) is 12.8 Å². The SMILES string of the molecule is CNCCC1CCN(C(C)C(=O)Nc2cc(Cl)ccc2C)CC1. The van der Waals surface area contributed by atoms with E-state index in [-0.39, 0.29) is 11.9 Å². The molecule has 1 saturated heterocycles. The number of benzene rings is 1. The van der Waals surface area contributed by atoms with Crippen LogP contribution in [-0.2, 0) is 4.79 Å². The second kappa shape index (κ2) is 8.67. The highest BCUT2D eigenvalue weighted by molar-refractivity contribution is 6.31. The molecule has 0 radical (unpaired) electrons. The Bertz CT molecular complexity index is 527. The van der Waals surface area contributed by atoms with Gasteiger partial charge in [-0.25, -0.2) is 0 Å². The zero-order chi connectivity index (χ0) is 16.8. The van der Waals surface area contributed by atoms with Gasteiger partial charge >= 0.3 is 0 Å². The zero-order valence-electron chi connectivity index (χ0n) is 14.4. The zero-order valence-corrected chi connectivity index (χ0v) is 15.1. The highest BCUT2D eigenvalue weighted by Gasteiger charge is 2.26. The van der Waals surface area contributed by atoms with E-state index in [0.717, 1.165) is 36.8 Å². The van der Waals surface area contributed by atoms with Gasteiger partial charge in [-0.15, -0.1) is 0 Å². The van der Waals surface area contributed by atoms with Crippen molar-refractivity contribution in [2.75, 3.05) is 32.0 Å². The Labute approximate surface area is 144 Å². The van der Waals surface area contributed by atoms with Gasteiger partial charge in [-0.05, 0) is 83.4 Å². The van der Waals surface area contributed by atoms with Gasteiger partial charge in [-0.3, -0.25) is 9.69 Å². The van der Waals surface area contributed by atoms with E-state index in [1.54, 1.807) is 0 Å². The Morgan fingerprint density at radius 3 is 2.74 bits per heavy atom. The largest absolute Gasteiger partial charge is 0.324 e. The Morgan fingerprint density at radius 1 is 1.39 bits per heavy atom. The molecule has 1 atom stereocenters. The molecule has 1 aromatic rings. The quantitative estimate of drug-likeness (QED) is 0.837. The second-order valence-electron chi connectivity index (χ2n) is 6.50. The average molecular weight is 338 g/mol. The van der Waals surface area contributed by atoms with E-state index in [2.05, 4.69) is 15.5 Å². The summed E-state index contributed by atoms with van der Waals surface area (Å²) in [6.07, 6.45) is 3.58. The lowest BCUT2D eigenvalue weighted by atomic mass is 9.93. The van der Waals surface area contributed by atoms with Crippen LogP contribution >= 0.6 is 11.6 Å². The van der Waals surface area contributed by atoms with Crippen LogP contribution in [0.5, 0.6) is 0 Å². The molecule has 128 valence electrons. The summed E-state index contributed by atoms with van der Waals surface area (Å²) in [5.41, 5.74) is 1.83. The number of aryl methyl sites for hydroxylation is 1. The van der Waals surface area contributed by atoms with Gasteiger partial charge in [0.1, 0.15) is 0 Å². The predicted octanol–water partition coefficient (Wildman–Crippen LogP) is 3.30. The molecule has 1 unspecified atom stereocenters. The number of carbonyl (C=O) groups excluding carboxylic acids is 1. The summed E-state index contributed by atoms with van der Waals surface area (Å²) in [5.74, 6) is 0.827. The maximum atomic E-state index is 12.5. The number of hydrogen-bond acceptors (Lipinski definition) is 3. The highest BCUT2D eigenvalue weighted by Crippen LogP contribution is 2.23. The molecule has 0 aromatic heterocycles. The first-order valence-electron chi connectivity index (χ1n) is 8.47. The first kappa shape index (κ1) is 18.2. The van der Waals surface area contributed by atoms with Crippen molar-refractivity contribution in [3.05, 3.63) is 28.8 Å². The van der Waals surface area contributed by atoms with E-state index in [4.69, 9.17) is 11.6 Å². The van der Waals surface area contributed by atoms with E-state index in [9.17, 15) is 4.79 Å². The van der Waals surface area contributed by atoms with Crippen molar-refractivity contribution >= 4 is 23.2 Å². The van der Waals surface area contributed by atoms with E-state index in [1.165, 1.54) is 19.3 Å². The topological polar surface area (TPSA) is 44.4 Å². The van der Waals surface area contributed by atoms with Crippen LogP contribution in [0.3, 0.4) is 0 Å². The van der Waals surface area contributed by atoms with Crippen molar-refractivity contribution in [1.82, 2.24) is 10.2 Å². The average Bonchev–Trinajstić information content (AvgIpc) is 2.56. The molecule has 0 saturated carbocycles. The summed E-state index contributed by atoms with van der Waals surface area (Å²) < 4.78 is 0. The summed E-state index contributed by atoms with van der Waals surface area (Å²) in [5, 5.41) is 6.88. The van der Waals surface area contributed by atoms with Crippen LogP contribution in [0.2, 0.25) is 5.02 Å². The number of hydrogen-bond donors (Lipinski definition) is 2. The lowest BCUT2D eigenvalue weighted by molar-refractivity contribution is -0.121. The number of piperidine rings is 1. The second-order valence-corrected chi connectivity index (χ2v) is 6.93. The molecule has 0 spiro atoms. The first-order valence-corrected chi connectivity index (χ1v) is 8.84. The van der Waals surface area contributed by atoms with Crippen LogP contribution < -0.4 is 10.6 Å². The molecule has 1 amide bonds. The van der Waals surface area contributed by atoms with Gasteiger partial charge in [0.2, 0.25) is 5.91 Å². The summed E-state index contributed by atoms with van der Waals surface area (Å²) in [6, 6.07) is 5.46. The smallest absolute Gasteiger partial charge is 0.241 e. The van der Waals surface area contributed by atoms with Crippen LogP contribution in [0.25, 0.3) is 0 Å². The Hall–Kier alpha value is -1.10. The fraction of sp³-hybridized carbons (Fsp3) is 0.611. The normalized spacial score (nSPS) is 17.9. The number of likely N-dealkylation sites (tertiary alicyclic amines) is 1. The van der Waals surface area contributed by atoms with Crippen molar-refractivity contribution < 1.29 is 4.79 Å². The van der Waals surface area contributed by atoms with Gasteiger partial charge in [0.05, 0.1) is 6.04 Å². The van der Waals surface area contributed by atoms with Gasteiger partial charge < -0.3 is 10.6 Å². The fourth-order valence-electron chi connectivity index (χ4n) is 3.11. The van der Waals surface area contributed by atoms with E-state index < -0.39 is 0 Å². The van der Waals surface area contributed by atoms with E-state index in [1.807, 2.05) is 39.1 Å². The fourth-order valence-corrected chi connectivity index (χ4v) is 3.28. The minimum atomic E-state index is -0.112. The molecule has 1 aromatic carbocycles. The molecule has 2 N–H and O–H groups in total. The third-order valence-electron chi connectivity index (χ3n) is 4.84. The van der Waals surface area contributed by atoms with Crippen molar-refractivity contribution in [3.63, 3.8) is 0 Å². The number of nitrogens with zero attached hydrogens (tertiary/aromatic N) is 1. The van der Waals surface area contributed by atoms with Crippen molar-refractivity contribution in [2.24, 2.45) is 5.92 Å². The number of halogens is 1. The van der Waals surface area contributed by atoms with Crippen LogP contribution in [-0.4, -0.2) is 43.5 Å². The van der Waals surface area contributed by atoms with Crippen molar-refractivity contribution in [2.45, 2.75) is 39.2 Å². The Balaban J connectivity index is 1.87. The monoisotopic (exact) mass is 337 g/mol. The highest BCUT2D eigenvalue weighted by atomic mass is 35.5. The molecule has 1 heterocycles. The summed E-state index contributed by atoms with van der Waals surface area (Å²) in [6.45, 7) is 7.04. The maximum absolute atomic E-state index is 12.5. The molecule has 0 bridgehead atoms.